The first-order chi connectivity index (χ1) is 9.67. The highest BCUT2D eigenvalue weighted by Gasteiger charge is 2.22. The molecule has 2 unspecified atom stereocenters. The Bertz CT molecular complexity index is 560. The van der Waals surface area contributed by atoms with Crippen LogP contribution in [0.4, 0.5) is 0 Å². The highest BCUT2D eigenvalue weighted by Crippen LogP contribution is 2.42. The van der Waals surface area contributed by atoms with Crippen LogP contribution in [0.2, 0.25) is 0 Å². The number of methoxy groups -OCH3 is 2. The van der Waals surface area contributed by atoms with E-state index in [0.717, 1.165) is 17.1 Å². The van der Waals surface area contributed by atoms with E-state index in [1.807, 2.05) is 42.7 Å². The molecule has 0 bridgehead atoms. The second kappa shape index (κ2) is 6.75. The van der Waals surface area contributed by atoms with Crippen LogP contribution >= 0.6 is 15.9 Å². The van der Waals surface area contributed by atoms with Crippen LogP contribution in [0.5, 0.6) is 11.5 Å². The first kappa shape index (κ1) is 14.9. The highest BCUT2D eigenvalue weighted by molar-refractivity contribution is 9.09. The summed E-state index contributed by atoms with van der Waals surface area (Å²) in [7, 11) is 3.35. The molecule has 20 heavy (non-hydrogen) atoms. The second-order valence-corrected chi connectivity index (χ2v) is 5.57. The standard InChI is InChI=1S/C16H18BrNO2/c1-11(12-6-8-18-9-7-12)16(17)14-10-13(19-2)4-5-15(14)20-3/h4-11,16H,1-3H3. The van der Waals surface area contributed by atoms with Crippen LogP contribution in [0.15, 0.2) is 42.7 Å². The van der Waals surface area contributed by atoms with Gasteiger partial charge < -0.3 is 9.47 Å². The van der Waals surface area contributed by atoms with Gasteiger partial charge in [0.25, 0.3) is 0 Å². The summed E-state index contributed by atoms with van der Waals surface area (Å²) in [5, 5.41) is 0. The lowest BCUT2D eigenvalue weighted by Crippen LogP contribution is -2.04. The SMILES string of the molecule is COc1ccc(OC)c(C(Br)C(C)c2ccncc2)c1. The van der Waals surface area contributed by atoms with Crippen molar-refractivity contribution in [1.82, 2.24) is 4.98 Å². The Labute approximate surface area is 128 Å². The van der Waals surface area contributed by atoms with Crippen molar-refractivity contribution in [1.29, 1.82) is 0 Å². The third-order valence-corrected chi connectivity index (χ3v) is 4.69. The Balaban J connectivity index is 2.34. The van der Waals surface area contributed by atoms with Gasteiger partial charge >= 0.3 is 0 Å². The summed E-state index contributed by atoms with van der Waals surface area (Å²) in [6.45, 7) is 2.17. The van der Waals surface area contributed by atoms with E-state index < -0.39 is 0 Å². The van der Waals surface area contributed by atoms with Gasteiger partial charge in [-0.2, -0.15) is 0 Å². The van der Waals surface area contributed by atoms with Crippen molar-refractivity contribution in [3.63, 3.8) is 0 Å². The molecule has 106 valence electrons. The smallest absolute Gasteiger partial charge is 0.123 e. The van der Waals surface area contributed by atoms with E-state index in [9.17, 15) is 0 Å². The van der Waals surface area contributed by atoms with E-state index in [1.165, 1.54) is 5.56 Å². The fourth-order valence-electron chi connectivity index (χ4n) is 2.16. The Hall–Kier alpha value is -1.55. The number of hydrogen-bond acceptors (Lipinski definition) is 3. The molecule has 0 fully saturated rings. The van der Waals surface area contributed by atoms with E-state index in [1.54, 1.807) is 14.2 Å². The monoisotopic (exact) mass is 335 g/mol. The molecule has 2 atom stereocenters. The predicted molar refractivity (Wildman–Crippen MR) is 83.9 cm³/mol. The molecule has 0 radical (unpaired) electrons. The number of alkyl halides is 1. The van der Waals surface area contributed by atoms with Crippen molar-refractivity contribution in [2.45, 2.75) is 17.7 Å². The minimum absolute atomic E-state index is 0.134. The van der Waals surface area contributed by atoms with Gasteiger partial charge in [0.15, 0.2) is 0 Å². The topological polar surface area (TPSA) is 31.4 Å². The summed E-state index contributed by atoms with van der Waals surface area (Å²) in [6, 6.07) is 9.91. The second-order valence-electron chi connectivity index (χ2n) is 4.58. The summed E-state index contributed by atoms with van der Waals surface area (Å²) in [5.41, 5.74) is 2.31. The average molecular weight is 336 g/mol. The van der Waals surface area contributed by atoms with Gasteiger partial charge in [0, 0.05) is 22.8 Å². The Morgan fingerprint density at radius 3 is 2.35 bits per heavy atom. The summed E-state index contributed by atoms with van der Waals surface area (Å²) in [6.07, 6.45) is 3.63. The average Bonchev–Trinajstić information content (AvgIpc) is 2.53. The Morgan fingerprint density at radius 1 is 1.05 bits per heavy atom. The summed E-state index contributed by atoms with van der Waals surface area (Å²) >= 11 is 3.79. The zero-order valence-corrected chi connectivity index (χ0v) is 13.4. The van der Waals surface area contributed by atoms with Gasteiger partial charge in [-0.1, -0.05) is 22.9 Å². The molecule has 0 aliphatic heterocycles. The number of ether oxygens (including phenoxy) is 2. The first-order valence-electron chi connectivity index (χ1n) is 6.43. The third kappa shape index (κ3) is 3.12. The lowest BCUT2D eigenvalue weighted by atomic mass is 9.93. The van der Waals surface area contributed by atoms with Crippen molar-refractivity contribution in [2.75, 3.05) is 14.2 Å². The Morgan fingerprint density at radius 2 is 1.75 bits per heavy atom. The number of halogens is 1. The first-order valence-corrected chi connectivity index (χ1v) is 7.35. The van der Waals surface area contributed by atoms with Crippen molar-refractivity contribution in [3.05, 3.63) is 53.9 Å². The largest absolute Gasteiger partial charge is 0.497 e. The zero-order chi connectivity index (χ0) is 14.5. The van der Waals surface area contributed by atoms with Crippen LogP contribution in [0, 0.1) is 0 Å². The highest BCUT2D eigenvalue weighted by atomic mass is 79.9. The normalized spacial score (nSPS) is 13.6. The van der Waals surface area contributed by atoms with Gasteiger partial charge in [0.1, 0.15) is 11.5 Å². The molecule has 1 aromatic heterocycles. The molecule has 1 heterocycles. The lowest BCUT2D eigenvalue weighted by Gasteiger charge is -2.21. The maximum atomic E-state index is 5.45. The number of hydrogen-bond donors (Lipinski definition) is 0. The van der Waals surface area contributed by atoms with Crippen molar-refractivity contribution < 1.29 is 9.47 Å². The number of benzene rings is 1. The maximum absolute atomic E-state index is 5.45. The van der Waals surface area contributed by atoms with Crippen LogP contribution in [0.25, 0.3) is 0 Å². The number of nitrogens with zero attached hydrogens (tertiary/aromatic N) is 1. The van der Waals surface area contributed by atoms with Gasteiger partial charge in [-0.05, 0) is 41.8 Å². The molecule has 0 aliphatic carbocycles. The fraction of sp³-hybridized carbons (Fsp3) is 0.312. The molecular formula is C16H18BrNO2. The maximum Gasteiger partial charge on any atom is 0.123 e. The molecule has 3 nitrogen and oxygen atoms in total. The van der Waals surface area contributed by atoms with E-state index in [0.29, 0.717) is 5.92 Å². The van der Waals surface area contributed by atoms with E-state index in [4.69, 9.17) is 9.47 Å². The van der Waals surface area contributed by atoms with E-state index >= 15 is 0 Å². The van der Waals surface area contributed by atoms with Gasteiger partial charge in [-0.3, -0.25) is 4.98 Å². The lowest BCUT2D eigenvalue weighted by molar-refractivity contribution is 0.397. The van der Waals surface area contributed by atoms with Gasteiger partial charge in [-0.15, -0.1) is 0 Å². The van der Waals surface area contributed by atoms with Crippen LogP contribution in [0.3, 0.4) is 0 Å². The number of aromatic nitrogens is 1. The van der Waals surface area contributed by atoms with Gasteiger partial charge in [0.2, 0.25) is 0 Å². The molecule has 0 saturated heterocycles. The minimum Gasteiger partial charge on any atom is -0.497 e. The molecule has 4 heteroatoms. The van der Waals surface area contributed by atoms with Crippen LogP contribution in [-0.2, 0) is 0 Å². The predicted octanol–water partition coefficient (Wildman–Crippen LogP) is 4.34. The van der Waals surface area contributed by atoms with Crippen molar-refractivity contribution >= 4 is 15.9 Å². The summed E-state index contributed by atoms with van der Waals surface area (Å²) < 4.78 is 10.8. The Kier molecular flexibility index (Phi) is 5.01. The van der Waals surface area contributed by atoms with Crippen LogP contribution in [-0.4, -0.2) is 19.2 Å². The number of pyridine rings is 1. The molecule has 0 saturated carbocycles. The molecular weight excluding hydrogens is 318 g/mol. The van der Waals surface area contributed by atoms with Crippen LogP contribution in [0.1, 0.15) is 28.8 Å². The summed E-state index contributed by atoms with van der Waals surface area (Å²) in [4.78, 5) is 4.20. The van der Waals surface area contributed by atoms with Gasteiger partial charge in [0.05, 0.1) is 14.2 Å². The summed E-state index contributed by atoms with van der Waals surface area (Å²) in [5.74, 6) is 1.97. The minimum atomic E-state index is 0.134. The van der Waals surface area contributed by atoms with Crippen LogP contribution < -0.4 is 9.47 Å². The molecule has 2 aromatic rings. The van der Waals surface area contributed by atoms with Gasteiger partial charge in [-0.25, -0.2) is 0 Å². The number of rotatable bonds is 5. The van der Waals surface area contributed by atoms with E-state index in [2.05, 4.69) is 27.8 Å². The molecule has 2 rings (SSSR count). The molecule has 0 aliphatic rings. The van der Waals surface area contributed by atoms with Crippen molar-refractivity contribution in [3.8, 4) is 11.5 Å². The molecule has 1 aromatic carbocycles. The quantitative estimate of drug-likeness (QED) is 0.761. The fourth-order valence-corrected chi connectivity index (χ4v) is 2.82. The molecule has 0 amide bonds. The van der Waals surface area contributed by atoms with Crippen molar-refractivity contribution in [2.24, 2.45) is 0 Å². The molecule has 0 spiro atoms. The van der Waals surface area contributed by atoms with E-state index in [-0.39, 0.29) is 4.83 Å². The third-order valence-electron chi connectivity index (χ3n) is 3.40. The zero-order valence-electron chi connectivity index (χ0n) is 11.8. The molecule has 0 N–H and O–H groups in total.